The van der Waals surface area contributed by atoms with Crippen LogP contribution in [0.15, 0.2) is 28.7 Å². The first-order chi connectivity index (χ1) is 10.3. The molecule has 1 unspecified atom stereocenters. The minimum Gasteiger partial charge on any atom is -0.475 e. The average Bonchev–Trinajstić information content (AvgIpc) is 2.88. The van der Waals surface area contributed by atoms with Crippen molar-refractivity contribution in [3.8, 4) is 0 Å². The molecule has 0 amide bonds. The van der Waals surface area contributed by atoms with Gasteiger partial charge in [-0.15, -0.1) is 0 Å². The molecule has 2 N–H and O–H groups in total. The number of aromatic carboxylic acids is 1. The Kier molecular flexibility index (Phi) is 4.22. The minimum absolute atomic E-state index is 0.0215. The van der Waals surface area contributed by atoms with E-state index in [2.05, 4.69) is 5.32 Å². The van der Waals surface area contributed by atoms with E-state index >= 15 is 0 Å². The molecule has 0 aliphatic carbocycles. The number of nitrogens with one attached hydrogen (secondary N) is 1. The van der Waals surface area contributed by atoms with Gasteiger partial charge in [-0.1, -0.05) is 18.2 Å². The summed E-state index contributed by atoms with van der Waals surface area (Å²) < 4.78 is 11.1. The molecule has 1 saturated heterocycles. The molecule has 1 fully saturated rings. The second-order valence-corrected chi connectivity index (χ2v) is 5.33. The highest BCUT2D eigenvalue weighted by Crippen LogP contribution is 2.25. The van der Waals surface area contributed by atoms with Gasteiger partial charge in [0.15, 0.2) is 0 Å². The Morgan fingerprint density at radius 1 is 1.33 bits per heavy atom. The number of carboxylic acid groups (broad SMARTS) is 1. The van der Waals surface area contributed by atoms with Crippen LogP contribution in [0.3, 0.4) is 0 Å². The lowest BCUT2D eigenvalue weighted by molar-refractivity contribution is 0.0168. The van der Waals surface area contributed by atoms with E-state index in [-0.39, 0.29) is 11.9 Å². The summed E-state index contributed by atoms with van der Waals surface area (Å²) in [5, 5.41) is 13.4. The van der Waals surface area contributed by atoms with Crippen LogP contribution in [-0.4, -0.2) is 30.3 Å². The molecule has 2 aromatic rings. The highest BCUT2D eigenvalue weighted by Gasteiger charge is 2.20. The number of furan rings is 1. The summed E-state index contributed by atoms with van der Waals surface area (Å²) in [6.07, 6.45) is 3.61. The number of rotatable bonds is 5. The highest BCUT2D eigenvalue weighted by atomic mass is 16.5. The molecule has 3 rings (SSSR count). The number of hydrogen-bond acceptors (Lipinski definition) is 4. The third kappa shape index (κ3) is 3.09. The topological polar surface area (TPSA) is 71.7 Å². The van der Waals surface area contributed by atoms with Crippen LogP contribution in [-0.2, 0) is 11.3 Å². The number of benzene rings is 1. The number of carboxylic acids is 1. The molecule has 0 bridgehead atoms. The van der Waals surface area contributed by atoms with Crippen molar-refractivity contribution in [3.63, 3.8) is 0 Å². The summed E-state index contributed by atoms with van der Waals surface area (Å²) >= 11 is 0. The van der Waals surface area contributed by atoms with Crippen molar-refractivity contribution in [2.45, 2.75) is 31.9 Å². The van der Waals surface area contributed by atoms with Crippen molar-refractivity contribution in [1.29, 1.82) is 0 Å². The smallest absolute Gasteiger partial charge is 0.372 e. The predicted octanol–water partition coefficient (Wildman–Crippen LogP) is 2.79. The lowest BCUT2D eigenvalue weighted by atomic mass is 10.1. The maximum Gasteiger partial charge on any atom is 0.372 e. The number of para-hydroxylation sites is 1. The highest BCUT2D eigenvalue weighted by molar-refractivity contribution is 5.95. The Hall–Kier alpha value is -1.85. The van der Waals surface area contributed by atoms with Crippen LogP contribution in [0.1, 0.15) is 35.4 Å². The van der Waals surface area contributed by atoms with E-state index in [1.807, 2.05) is 18.2 Å². The molecule has 2 heterocycles. The summed E-state index contributed by atoms with van der Waals surface area (Å²) in [5.41, 5.74) is 1.31. The van der Waals surface area contributed by atoms with Crippen molar-refractivity contribution in [2.75, 3.05) is 13.2 Å². The summed E-state index contributed by atoms with van der Waals surface area (Å²) in [6, 6.07) is 7.40. The van der Waals surface area contributed by atoms with E-state index in [9.17, 15) is 9.90 Å². The van der Waals surface area contributed by atoms with Crippen molar-refractivity contribution in [1.82, 2.24) is 5.32 Å². The second-order valence-electron chi connectivity index (χ2n) is 5.33. The average molecular weight is 289 g/mol. The van der Waals surface area contributed by atoms with Gasteiger partial charge in [0.05, 0.1) is 6.10 Å². The van der Waals surface area contributed by atoms with Crippen molar-refractivity contribution in [3.05, 3.63) is 35.6 Å². The lowest BCUT2D eigenvalue weighted by Gasteiger charge is -2.22. The number of hydrogen-bond donors (Lipinski definition) is 2. The Bertz CT molecular complexity index is 628. The van der Waals surface area contributed by atoms with Crippen LogP contribution in [0.25, 0.3) is 11.0 Å². The fourth-order valence-electron chi connectivity index (χ4n) is 2.77. The van der Waals surface area contributed by atoms with Gasteiger partial charge in [0.2, 0.25) is 5.76 Å². The summed E-state index contributed by atoms with van der Waals surface area (Å²) in [4.78, 5) is 11.3. The van der Waals surface area contributed by atoms with Gasteiger partial charge in [-0.2, -0.15) is 0 Å². The van der Waals surface area contributed by atoms with E-state index in [1.54, 1.807) is 6.07 Å². The Morgan fingerprint density at radius 2 is 2.19 bits per heavy atom. The van der Waals surface area contributed by atoms with Gasteiger partial charge in [-0.3, -0.25) is 0 Å². The molecular weight excluding hydrogens is 270 g/mol. The first-order valence-corrected chi connectivity index (χ1v) is 7.31. The fraction of sp³-hybridized carbons (Fsp3) is 0.438. The first-order valence-electron chi connectivity index (χ1n) is 7.31. The maximum absolute atomic E-state index is 11.3. The summed E-state index contributed by atoms with van der Waals surface area (Å²) in [6.45, 7) is 2.03. The molecule has 1 aliphatic rings. The first kappa shape index (κ1) is 14.1. The quantitative estimate of drug-likeness (QED) is 0.885. The summed E-state index contributed by atoms with van der Waals surface area (Å²) in [5.74, 6) is -1.01. The van der Waals surface area contributed by atoms with Gasteiger partial charge in [-0.25, -0.2) is 4.79 Å². The lowest BCUT2D eigenvalue weighted by Crippen LogP contribution is -2.31. The van der Waals surface area contributed by atoms with Gasteiger partial charge in [0, 0.05) is 30.6 Å². The maximum atomic E-state index is 11.3. The largest absolute Gasteiger partial charge is 0.475 e. The minimum atomic E-state index is -1.03. The molecule has 0 spiro atoms. The van der Waals surface area contributed by atoms with E-state index in [0.717, 1.165) is 31.4 Å². The molecular formula is C16H19NO4. The van der Waals surface area contributed by atoms with E-state index in [1.165, 1.54) is 6.42 Å². The van der Waals surface area contributed by atoms with E-state index < -0.39 is 5.97 Å². The van der Waals surface area contributed by atoms with Crippen LogP contribution in [0.4, 0.5) is 0 Å². The molecule has 1 atom stereocenters. The van der Waals surface area contributed by atoms with Crippen LogP contribution in [0.5, 0.6) is 0 Å². The van der Waals surface area contributed by atoms with Crippen molar-refractivity contribution >= 4 is 16.9 Å². The molecule has 0 saturated carbocycles. The molecule has 1 aliphatic heterocycles. The summed E-state index contributed by atoms with van der Waals surface area (Å²) in [7, 11) is 0. The molecule has 21 heavy (non-hydrogen) atoms. The molecule has 112 valence electrons. The zero-order valence-electron chi connectivity index (χ0n) is 11.8. The van der Waals surface area contributed by atoms with Gasteiger partial charge in [0.25, 0.3) is 0 Å². The zero-order chi connectivity index (χ0) is 14.7. The molecule has 0 radical (unpaired) electrons. The van der Waals surface area contributed by atoms with Gasteiger partial charge in [0.1, 0.15) is 5.58 Å². The molecule has 1 aromatic carbocycles. The predicted molar refractivity (Wildman–Crippen MR) is 78.5 cm³/mol. The number of carbonyl (C=O) groups is 1. The third-order valence-electron chi connectivity index (χ3n) is 3.84. The molecule has 5 nitrogen and oxygen atoms in total. The fourth-order valence-corrected chi connectivity index (χ4v) is 2.77. The number of fused-ring (bicyclic) bond motifs is 1. The monoisotopic (exact) mass is 289 g/mol. The number of ether oxygens (including phenoxy) is 1. The Morgan fingerprint density at radius 3 is 2.95 bits per heavy atom. The van der Waals surface area contributed by atoms with Gasteiger partial charge < -0.3 is 19.6 Å². The van der Waals surface area contributed by atoms with Crippen LogP contribution in [0.2, 0.25) is 0 Å². The van der Waals surface area contributed by atoms with E-state index in [4.69, 9.17) is 9.15 Å². The van der Waals surface area contributed by atoms with E-state index in [0.29, 0.717) is 17.7 Å². The molecule has 1 aromatic heterocycles. The van der Waals surface area contributed by atoms with Crippen LogP contribution in [0, 0.1) is 0 Å². The molecule has 5 heteroatoms. The SMILES string of the molecule is O=C(O)c1oc2ccccc2c1CNCC1CCCCO1. The van der Waals surface area contributed by atoms with Crippen LogP contribution >= 0.6 is 0 Å². The Labute approximate surface area is 122 Å². The Balaban J connectivity index is 1.72. The second kappa shape index (κ2) is 6.28. The van der Waals surface area contributed by atoms with Crippen molar-refractivity contribution < 1.29 is 19.1 Å². The van der Waals surface area contributed by atoms with Crippen molar-refractivity contribution in [2.24, 2.45) is 0 Å². The standard InChI is InChI=1S/C16H19NO4/c18-16(19)15-13(12-6-1-2-7-14(12)21-15)10-17-9-11-5-3-4-8-20-11/h1-2,6-7,11,17H,3-5,8-10H2,(H,18,19). The van der Waals surface area contributed by atoms with Gasteiger partial charge >= 0.3 is 5.97 Å². The van der Waals surface area contributed by atoms with Gasteiger partial charge in [-0.05, 0) is 25.3 Å². The normalized spacial score (nSPS) is 19.0. The van der Waals surface area contributed by atoms with Crippen LogP contribution < -0.4 is 5.32 Å². The zero-order valence-corrected chi connectivity index (χ0v) is 11.8. The third-order valence-corrected chi connectivity index (χ3v) is 3.84.